The molecule has 9 heteroatoms. The summed E-state index contributed by atoms with van der Waals surface area (Å²) in [6, 6.07) is 2.82. The summed E-state index contributed by atoms with van der Waals surface area (Å²) < 4.78 is 10.3. The van der Waals surface area contributed by atoms with Gasteiger partial charge in [0.25, 0.3) is 11.1 Å². The number of methoxy groups -OCH3 is 1. The van der Waals surface area contributed by atoms with Crippen molar-refractivity contribution in [1.29, 1.82) is 0 Å². The number of amides is 2. The first-order chi connectivity index (χ1) is 11.7. The molecule has 1 N–H and O–H groups in total. The summed E-state index contributed by atoms with van der Waals surface area (Å²) in [6.45, 7) is 2.95. The van der Waals surface area contributed by atoms with Gasteiger partial charge >= 0.3 is 5.97 Å². The maximum atomic E-state index is 12.3. The summed E-state index contributed by atoms with van der Waals surface area (Å²) in [6.07, 6.45) is 1.53. The number of carboxylic acids is 1. The average molecular weight is 386 g/mol. The van der Waals surface area contributed by atoms with Gasteiger partial charge in [0.1, 0.15) is 0 Å². The standard InChI is InChI=1S/C16H16ClNO6S/c1-8(2)18-15(21)12(25-16(18)22)6-9-4-10(17)14(11(5-9)23-3)24-7-13(19)20/h4-6,8H,7H2,1-3H3,(H,19,20). The van der Waals surface area contributed by atoms with Gasteiger partial charge in [-0.25, -0.2) is 4.79 Å². The van der Waals surface area contributed by atoms with Crippen molar-refractivity contribution in [2.24, 2.45) is 0 Å². The minimum Gasteiger partial charge on any atom is -0.493 e. The maximum absolute atomic E-state index is 12.3. The molecule has 1 aliphatic rings. The van der Waals surface area contributed by atoms with E-state index in [0.717, 1.165) is 11.8 Å². The second kappa shape index (κ2) is 7.79. The van der Waals surface area contributed by atoms with Crippen LogP contribution in [0.1, 0.15) is 19.4 Å². The van der Waals surface area contributed by atoms with Crippen molar-refractivity contribution in [2.45, 2.75) is 19.9 Å². The molecule has 1 saturated heterocycles. The van der Waals surface area contributed by atoms with Crippen LogP contribution < -0.4 is 9.47 Å². The van der Waals surface area contributed by atoms with Crippen LogP contribution in [0.2, 0.25) is 5.02 Å². The minimum absolute atomic E-state index is 0.0963. The van der Waals surface area contributed by atoms with Gasteiger partial charge in [-0.1, -0.05) is 11.6 Å². The number of hydrogen-bond acceptors (Lipinski definition) is 6. The smallest absolute Gasteiger partial charge is 0.341 e. The SMILES string of the molecule is COc1cc(C=C2SC(=O)N(C(C)C)C2=O)cc(Cl)c1OCC(=O)O. The van der Waals surface area contributed by atoms with Gasteiger partial charge in [0.15, 0.2) is 18.1 Å². The Kier molecular flexibility index (Phi) is 5.97. The predicted octanol–water partition coefficient (Wildman–Crippen LogP) is 3.26. The summed E-state index contributed by atoms with van der Waals surface area (Å²) >= 11 is 6.98. The van der Waals surface area contributed by atoms with Crippen LogP contribution in [-0.2, 0) is 9.59 Å². The summed E-state index contributed by atoms with van der Waals surface area (Å²) in [5.74, 6) is -1.20. The average Bonchev–Trinajstić information content (AvgIpc) is 2.79. The Morgan fingerprint density at radius 2 is 2.08 bits per heavy atom. The molecule has 0 radical (unpaired) electrons. The number of ether oxygens (including phenoxy) is 2. The van der Waals surface area contributed by atoms with Crippen molar-refractivity contribution < 1.29 is 29.0 Å². The van der Waals surface area contributed by atoms with Gasteiger partial charge < -0.3 is 14.6 Å². The fourth-order valence-electron chi connectivity index (χ4n) is 2.17. The third kappa shape index (κ3) is 4.26. The number of carboxylic acid groups (broad SMARTS) is 1. The topological polar surface area (TPSA) is 93.1 Å². The number of aliphatic carboxylic acids is 1. The summed E-state index contributed by atoms with van der Waals surface area (Å²) in [4.78, 5) is 36.3. The zero-order valence-corrected chi connectivity index (χ0v) is 15.3. The molecule has 1 aromatic rings. The van der Waals surface area contributed by atoms with E-state index >= 15 is 0 Å². The van der Waals surface area contributed by atoms with Crippen LogP contribution in [-0.4, -0.2) is 46.9 Å². The van der Waals surface area contributed by atoms with Gasteiger partial charge in [0, 0.05) is 6.04 Å². The molecule has 7 nitrogen and oxygen atoms in total. The molecule has 0 saturated carbocycles. The molecule has 134 valence electrons. The molecular weight excluding hydrogens is 370 g/mol. The first kappa shape index (κ1) is 19.1. The molecule has 0 aliphatic carbocycles. The van der Waals surface area contributed by atoms with Gasteiger partial charge in [-0.2, -0.15) is 0 Å². The van der Waals surface area contributed by atoms with Crippen molar-refractivity contribution in [3.63, 3.8) is 0 Å². The van der Waals surface area contributed by atoms with Gasteiger partial charge in [-0.05, 0) is 49.4 Å². The Bertz CT molecular complexity index is 761. The van der Waals surface area contributed by atoms with Crippen molar-refractivity contribution >= 4 is 46.6 Å². The lowest BCUT2D eigenvalue weighted by Crippen LogP contribution is -2.34. The number of thioether (sulfide) groups is 1. The van der Waals surface area contributed by atoms with Crippen LogP contribution in [0.15, 0.2) is 17.0 Å². The van der Waals surface area contributed by atoms with Gasteiger partial charge in [0.2, 0.25) is 0 Å². The lowest BCUT2D eigenvalue weighted by Gasteiger charge is -2.16. The second-order valence-electron chi connectivity index (χ2n) is 5.36. The zero-order valence-electron chi connectivity index (χ0n) is 13.7. The molecule has 2 rings (SSSR count). The summed E-state index contributed by atoms with van der Waals surface area (Å²) in [7, 11) is 1.38. The Balaban J connectivity index is 2.35. The molecule has 2 amide bonds. The van der Waals surface area contributed by atoms with E-state index in [2.05, 4.69) is 0 Å². The van der Waals surface area contributed by atoms with Crippen LogP contribution in [0, 0.1) is 0 Å². The van der Waals surface area contributed by atoms with Crippen LogP contribution in [0.3, 0.4) is 0 Å². The number of imide groups is 1. The minimum atomic E-state index is -1.15. The second-order valence-corrected chi connectivity index (χ2v) is 6.76. The highest BCUT2D eigenvalue weighted by Crippen LogP contribution is 2.39. The third-order valence-electron chi connectivity index (χ3n) is 3.23. The monoisotopic (exact) mass is 385 g/mol. The Morgan fingerprint density at radius 1 is 1.40 bits per heavy atom. The molecule has 25 heavy (non-hydrogen) atoms. The molecule has 0 atom stereocenters. The molecule has 0 unspecified atom stereocenters. The van der Waals surface area contributed by atoms with E-state index in [4.69, 9.17) is 26.2 Å². The van der Waals surface area contributed by atoms with Crippen molar-refractivity contribution in [1.82, 2.24) is 4.90 Å². The van der Waals surface area contributed by atoms with Gasteiger partial charge in [-0.3, -0.25) is 14.5 Å². The van der Waals surface area contributed by atoms with E-state index in [1.165, 1.54) is 24.2 Å². The normalized spacial score (nSPS) is 16.0. The molecule has 0 bridgehead atoms. The fraction of sp³-hybridized carbons (Fsp3) is 0.312. The van der Waals surface area contributed by atoms with Gasteiger partial charge in [-0.15, -0.1) is 0 Å². The van der Waals surface area contributed by atoms with Crippen molar-refractivity contribution in [2.75, 3.05) is 13.7 Å². The molecule has 1 aliphatic heterocycles. The molecule has 1 aromatic carbocycles. The first-order valence-corrected chi connectivity index (χ1v) is 8.43. The Labute approximate surface area is 153 Å². The molecular formula is C16H16ClNO6S. The highest BCUT2D eigenvalue weighted by atomic mass is 35.5. The molecule has 1 heterocycles. The number of benzene rings is 1. The van der Waals surface area contributed by atoms with Crippen molar-refractivity contribution in [3.8, 4) is 11.5 Å². The Hall–Kier alpha value is -2.19. The predicted molar refractivity (Wildman–Crippen MR) is 94.1 cm³/mol. The highest BCUT2D eigenvalue weighted by molar-refractivity contribution is 8.18. The lowest BCUT2D eigenvalue weighted by atomic mass is 10.1. The summed E-state index contributed by atoms with van der Waals surface area (Å²) in [5.41, 5.74) is 0.527. The van der Waals surface area contributed by atoms with Crippen LogP contribution in [0.4, 0.5) is 4.79 Å². The quantitative estimate of drug-likeness (QED) is 0.751. The Morgan fingerprint density at radius 3 is 2.60 bits per heavy atom. The van der Waals surface area contributed by atoms with Crippen LogP contribution >= 0.6 is 23.4 Å². The van der Waals surface area contributed by atoms with E-state index in [1.54, 1.807) is 19.9 Å². The van der Waals surface area contributed by atoms with Crippen molar-refractivity contribution in [3.05, 3.63) is 27.6 Å². The first-order valence-electron chi connectivity index (χ1n) is 7.23. The van der Waals surface area contributed by atoms with E-state index in [-0.39, 0.29) is 38.6 Å². The number of carbonyl (C=O) groups is 3. The number of carbonyl (C=O) groups excluding carboxylic acids is 2. The van der Waals surface area contributed by atoms with Gasteiger partial charge in [0.05, 0.1) is 17.0 Å². The van der Waals surface area contributed by atoms with Crippen LogP contribution in [0.5, 0.6) is 11.5 Å². The summed E-state index contributed by atoms with van der Waals surface area (Å²) in [5, 5.41) is 8.51. The molecule has 0 aromatic heterocycles. The van der Waals surface area contributed by atoms with E-state index in [1.807, 2.05) is 0 Å². The van der Waals surface area contributed by atoms with Crippen LogP contribution in [0.25, 0.3) is 6.08 Å². The van der Waals surface area contributed by atoms with E-state index in [9.17, 15) is 14.4 Å². The molecule has 1 fully saturated rings. The number of halogens is 1. The number of nitrogens with zero attached hydrogens (tertiary/aromatic N) is 1. The van der Waals surface area contributed by atoms with E-state index in [0.29, 0.717) is 5.56 Å². The lowest BCUT2D eigenvalue weighted by molar-refractivity contribution is -0.139. The highest BCUT2D eigenvalue weighted by Gasteiger charge is 2.36. The maximum Gasteiger partial charge on any atom is 0.341 e. The number of rotatable bonds is 6. The third-order valence-corrected chi connectivity index (χ3v) is 4.39. The van der Waals surface area contributed by atoms with E-state index < -0.39 is 12.6 Å². The fourth-order valence-corrected chi connectivity index (χ4v) is 3.41. The largest absolute Gasteiger partial charge is 0.493 e. The number of hydrogen-bond donors (Lipinski definition) is 1. The zero-order chi connectivity index (χ0) is 18.7. The molecule has 0 spiro atoms.